The van der Waals surface area contributed by atoms with E-state index in [0.29, 0.717) is 17.4 Å². The van der Waals surface area contributed by atoms with Crippen LogP contribution in [0.2, 0.25) is 0 Å². The fraction of sp³-hybridized carbons (Fsp3) is 0.700. The molecule has 13 atom stereocenters. The molecule has 3 saturated heterocycles. The number of Topliss-reactive ketones (excluding diaryl/α,β-unsaturated/α-hetero) is 2. The van der Waals surface area contributed by atoms with E-state index in [1.807, 2.05) is 38.9 Å². The number of rotatable bonds is 9. The van der Waals surface area contributed by atoms with E-state index in [9.17, 15) is 24.3 Å². The number of ether oxygens (including phenoxy) is 6. The summed E-state index contributed by atoms with van der Waals surface area (Å²) in [7, 11) is 3.69. The Hall–Kier alpha value is -3.02. The third kappa shape index (κ3) is 10.5. The van der Waals surface area contributed by atoms with E-state index in [2.05, 4.69) is 26.2 Å². The van der Waals surface area contributed by atoms with E-state index in [1.54, 1.807) is 59.0 Å². The second-order valence-electron chi connectivity index (χ2n) is 16.2. The topological polar surface area (TPSA) is 172 Å². The highest BCUT2D eigenvalue weighted by molar-refractivity contribution is 9.10. The number of fused-ring (bicyclic) bond motifs is 1. The number of cyclic esters (lactones) is 1. The van der Waals surface area contributed by atoms with Gasteiger partial charge in [0, 0.05) is 35.4 Å². The zero-order valence-corrected chi connectivity index (χ0v) is 36.4. The molecule has 4 rings (SSSR count). The summed E-state index contributed by atoms with van der Waals surface area (Å²) in [5.41, 5.74) is -1.70. The first-order chi connectivity index (χ1) is 26.2. The van der Waals surface area contributed by atoms with Crippen LogP contribution in [0.25, 0.3) is 6.08 Å². The first kappa shape index (κ1) is 45.7. The Labute approximate surface area is 343 Å². The minimum absolute atomic E-state index is 0.0719. The summed E-state index contributed by atoms with van der Waals surface area (Å²) in [5.74, 6) is -5.11. The second-order valence-corrected chi connectivity index (χ2v) is 17.4. The first-order valence-electron chi connectivity index (χ1n) is 19.2. The molecule has 0 bridgehead atoms. The summed E-state index contributed by atoms with van der Waals surface area (Å²) in [6, 6.07) is 2.62. The van der Waals surface area contributed by atoms with E-state index in [0.717, 1.165) is 5.56 Å². The number of pyridine rings is 1. The van der Waals surface area contributed by atoms with Crippen LogP contribution in [0.5, 0.6) is 0 Å². The lowest BCUT2D eigenvalue weighted by molar-refractivity contribution is -0.288. The molecule has 3 fully saturated rings. The predicted octanol–water partition coefficient (Wildman–Crippen LogP) is 5.27. The monoisotopic (exact) mass is 867 g/mol. The fourth-order valence-corrected chi connectivity index (χ4v) is 8.91. The third-order valence-corrected chi connectivity index (χ3v) is 12.2. The summed E-state index contributed by atoms with van der Waals surface area (Å²) in [5, 5.41) is 14.7. The molecule has 1 aromatic rings. The van der Waals surface area contributed by atoms with Crippen molar-refractivity contribution in [1.29, 1.82) is 0 Å². The maximum absolute atomic E-state index is 14.4. The van der Waals surface area contributed by atoms with Gasteiger partial charge in [-0.15, -0.1) is 0 Å². The Morgan fingerprint density at radius 1 is 1.11 bits per heavy atom. The number of ketones is 2. The van der Waals surface area contributed by atoms with Crippen molar-refractivity contribution in [2.75, 3.05) is 27.3 Å². The summed E-state index contributed by atoms with van der Waals surface area (Å²) < 4.78 is 36.8. The molecule has 4 heterocycles. The van der Waals surface area contributed by atoms with Crippen molar-refractivity contribution in [3.05, 3.63) is 34.6 Å². The molecule has 14 nitrogen and oxygen atoms in total. The van der Waals surface area contributed by atoms with Gasteiger partial charge in [-0.25, -0.2) is 9.78 Å². The van der Waals surface area contributed by atoms with Gasteiger partial charge in [0.15, 0.2) is 17.7 Å². The Kier molecular flexibility index (Phi) is 15.6. The molecule has 0 spiro atoms. The SMILES string of the molecule is CC[C@H]1OC(=O)[C@H](C)C(=O)[C@H](C)[C@@H](O[C@@H]2O[C@H](C)C[C@H](N(C)C)[C@H]2O)[C@](C)(COC(=O)OC/C=C/c2ccc(Br)nc2)C[C@@H](C)C(=O)[C@H](C)[C@H]2NC(=S)O[C@@]21C. The fourth-order valence-electron chi connectivity index (χ4n) is 8.36. The summed E-state index contributed by atoms with van der Waals surface area (Å²) in [6.07, 6.45) is 0.342. The molecule has 56 heavy (non-hydrogen) atoms. The minimum atomic E-state index is -1.28. The molecule has 0 radical (unpaired) electrons. The van der Waals surface area contributed by atoms with Crippen molar-refractivity contribution in [3.63, 3.8) is 0 Å². The number of carbonyl (C=O) groups is 4. The zero-order chi connectivity index (χ0) is 41.7. The lowest BCUT2D eigenvalue weighted by Crippen LogP contribution is -2.59. The maximum atomic E-state index is 14.4. The predicted molar refractivity (Wildman–Crippen MR) is 214 cm³/mol. The van der Waals surface area contributed by atoms with E-state index >= 15 is 0 Å². The highest BCUT2D eigenvalue weighted by Gasteiger charge is 2.56. The van der Waals surface area contributed by atoms with E-state index in [1.165, 1.54) is 6.92 Å². The van der Waals surface area contributed by atoms with Crippen LogP contribution in [0.1, 0.15) is 80.2 Å². The van der Waals surface area contributed by atoms with E-state index in [-0.39, 0.29) is 42.7 Å². The highest BCUT2D eigenvalue weighted by Crippen LogP contribution is 2.43. The molecule has 2 N–H and O–H groups in total. The number of esters is 1. The van der Waals surface area contributed by atoms with Gasteiger partial charge in [0.05, 0.1) is 18.2 Å². The number of aliphatic hydroxyl groups excluding tert-OH is 1. The zero-order valence-electron chi connectivity index (χ0n) is 34.0. The van der Waals surface area contributed by atoms with Gasteiger partial charge in [0.25, 0.3) is 5.17 Å². The molecule has 0 unspecified atom stereocenters. The molecule has 3 aliphatic heterocycles. The van der Waals surface area contributed by atoms with Gasteiger partial charge in [-0.3, -0.25) is 14.4 Å². The molecule has 0 aromatic carbocycles. The molecular formula is C40H58BrN3O11S. The molecule has 312 valence electrons. The normalized spacial score (nSPS) is 37.3. The number of nitrogens with one attached hydrogen (secondary N) is 1. The van der Waals surface area contributed by atoms with Crippen LogP contribution < -0.4 is 5.32 Å². The van der Waals surface area contributed by atoms with Gasteiger partial charge in [0.2, 0.25) is 0 Å². The number of nitrogens with zero attached hydrogens (tertiary/aromatic N) is 2. The van der Waals surface area contributed by atoms with Crippen molar-refractivity contribution in [2.45, 2.75) is 123 Å². The number of aromatic nitrogens is 1. The van der Waals surface area contributed by atoms with Crippen molar-refractivity contribution < 1.29 is 52.7 Å². The number of carbonyl (C=O) groups excluding carboxylic acids is 4. The Morgan fingerprint density at radius 2 is 1.80 bits per heavy atom. The lowest BCUT2D eigenvalue weighted by atomic mass is 9.68. The lowest BCUT2D eigenvalue weighted by Gasteiger charge is -2.47. The molecule has 0 aliphatic carbocycles. The molecule has 0 saturated carbocycles. The van der Waals surface area contributed by atoms with Crippen LogP contribution in [0, 0.1) is 29.1 Å². The molecule has 1 aromatic heterocycles. The van der Waals surface area contributed by atoms with Crippen LogP contribution >= 0.6 is 28.1 Å². The number of hydrogen-bond acceptors (Lipinski definition) is 14. The smallest absolute Gasteiger partial charge is 0.459 e. The second kappa shape index (κ2) is 19.2. The Bertz CT molecular complexity index is 1610. The highest BCUT2D eigenvalue weighted by atomic mass is 79.9. The average Bonchev–Trinajstić information content (AvgIpc) is 3.47. The van der Waals surface area contributed by atoms with Crippen LogP contribution in [-0.2, 0) is 42.8 Å². The number of hydrogen-bond donors (Lipinski definition) is 2. The molecule has 3 aliphatic rings. The van der Waals surface area contributed by atoms with Crippen LogP contribution in [0.4, 0.5) is 4.79 Å². The van der Waals surface area contributed by atoms with Crippen LogP contribution in [0.15, 0.2) is 29.0 Å². The minimum Gasteiger partial charge on any atom is -0.459 e. The van der Waals surface area contributed by atoms with E-state index < -0.39 is 83.2 Å². The summed E-state index contributed by atoms with van der Waals surface area (Å²) in [4.78, 5) is 61.8. The molecular weight excluding hydrogens is 810 g/mol. The summed E-state index contributed by atoms with van der Waals surface area (Å²) >= 11 is 8.70. The van der Waals surface area contributed by atoms with Gasteiger partial charge in [0.1, 0.15) is 41.7 Å². The standard InChI is InChI=1S/C40H58BrN3O11S/c1-11-28-40(8)33(43-37(56)55-40)23(4)30(45)21(2)18-39(7,20-51-38(49)50-16-12-13-26-14-15-29(41)42-19-26)34(24(5)31(46)25(6)35(48)53-28)54-36-32(47)27(44(9)10)17-22(3)52-36/h12-15,19,21-25,27-28,32-34,36,47H,11,16-18,20H2,1-10H3,(H,43,56)/b13-12+/t21-,22-,23+,24+,25-,27+,28-,32-,33-,34-,36+,39+,40-/m1/s1. The van der Waals surface area contributed by atoms with E-state index in [4.69, 9.17) is 40.6 Å². The van der Waals surface area contributed by atoms with Crippen molar-refractivity contribution in [2.24, 2.45) is 29.1 Å². The largest absolute Gasteiger partial charge is 0.508 e. The first-order valence-corrected chi connectivity index (χ1v) is 20.4. The Balaban J connectivity index is 1.73. The quantitative estimate of drug-likeness (QED) is 0.142. The third-order valence-electron chi connectivity index (χ3n) is 11.5. The van der Waals surface area contributed by atoms with Gasteiger partial charge in [-0.05, 0) is 100.0 Å². The number of aliphatic hydroxyl groups is 1. The average molecular weight is 869 g/mol. The van der Waals surface area contributed by atoms with Crippen molar-refractivity contribution in [1.82, 2.24) is 15.2 Å². The van der Waals surface area contributed by atoms with Gasteiger partial charge in [-0.1, -0.05) is 46.8 Å². The molecule has 0 amide bonds. The van der Waals surface area contributed by atoms with Crippen molar-refractivity contribution in [3.8, 4) is 0 Å². The number of likely N-dealkylation sites (N-methyl/N-ethyl adjacent to an activating group) is 1. The van der Waals surface area contributed by atoms with Crippen LogP contribution in [0.3, 0.4) is 0 Å². The van der Waals surface area contributed by atoms with Crippen LogP contribution in [-0.4, -0.2) is 120 Å². The molecule has 16 heteroatoms. The van der Waals surface area contributed by atoms with Gasteiger partial charge < -0.3 is 43.7 Å². The van der Waals surface area contributed by atoms with Gasteiger partial charge >= 0.3 is 12.1 Å². The van der Waals surface area contributed by atoms with Crippen molar-refractivity contribution >= 4 is 63.1 Å². The Morgan fingerprint density at radius 3 is 2.43 bits per heavy atom. The number of thiocarbonyl (C=S) groups is 1. The maximum Gasteiger partial charge on any atom is 0.508 e. The summed E-state index contributed by atoms with van der Waals surface area (Å²) in [6.45, 7) is 13.4. The number of halogens is 1. The van der Waals surface area contributed by atoms with Gasteiger partial charge in [-0.2, -0.15) is 0 Å².